The van der Waals surface area contributed by atoms with Crippen LogP contribution in [0.5, 0.6) is 0 Å². The van der Waals surface area contributed by atoms with E-state index in [1.165, 1.54) is 24.3 Å². The van der Waals surface area contributed by atoms with E-state index >= 15 is 0 Å². The van der Waals surface area contributed by atoms with E-state index < -0.39 is 23.5 Å². The number of rotatable bonds is 2. The third kappa shape index (κ3) is 4.45. The van der Waals surface area contributed by atoms with E-state index in [1.807, 2.05) is 36.4 Å². The average molecular weight is 673 g/mol. The van der Waals surface area contributed by atoms with E-state index in [9.17, 15) is 26.3 Å². The molecule has 9 rings (SSSR count). The van der Waals surface area contributed by atoms with Gasteiger partial charge in [0.1, 0.15) is 0 Å². The monoisotopic (exact) mass is 672 g/mol. The second-order valence-electron chi connectivity index (χ2n) is 12.2. The summed E-state index contributed by atoms with van der Waals surface area (Å²) >= 11 is 1.58. The van der Waals surface area contributed by atoms with Crippen LogP contribution in [0.2, 0.25) is 0 Å². The van der Waals surface area contributed by atoms with Gasteiger partial charge in [0.15, 0.2) is 0 Å². The standard InChI is InChI=1S/C42H22F6S/c43-41(44,45)39-28-14-5-1-10-24(28)36(25-11-2-6-15-29(25)39)23-20-21-34-33(22-23)38-32(18-9-19-35(38)49-34)37-26-12-3-7-16-30(26)40(42(46,47)48)31-17-8-4-13-27(31)37/h1-22H. The Morgan fingerprint density at radius 2 is 0.796 bits per heavy atom. The molecule has 0 aliphatic heterocycles. The summed E-state index contributed by atoms with van der Waals surface area (Å²) in [7, 11) is 0. The Hall–Kier alpha value is -5.40. The molecule has 0 bridgehead atoms. The second-order valence-corrected chi connectivity index (χ2v) is 13.3. The highest BCUT2D eigenvalue weighted by Gasteiger charge is 2.37. The van der Waals surface area contributed by atoms with Gasteiger partial charge in [-0.05, 0) is 83.5 Å². The molecule has 8 aromatic carbocycles. The number of halogens is 6. The molecular weight excluding hydrogens is 651 g/mol. The molecule has 0 saturated heterocycles. The molecule has 9 aromatic rings. The van der Waals surface area contributed by atoms with Crippen molar-refractivity contribution in [2.75, 3.05) is 0 Å². The number of fused-ring (bicyclic) bond motifs is 7. The first-order valence-corrected chi connectivity index (χ1v) is 16.4. The lowest BCUT2D eigenvalue weighted by Crippen LogP contribution is -2.07. The fraction of sp³-hybridized carbons (Fsp3) is 0.0476. The van der Waals surface area contributed by atoms with Gasteiger partial charge in [0.2, 0.25) is 0 Å². The Bertz CT molecular complexity index is 2690. The molecule has 1 heterocycles. The van der Waals surface area contributed by atoms with Crippen molar-refractivity contribution >= 4 is 74.6 Å². The fourth-order valence-electron chi connectivity index (χ4n) is 7.66. The van der Waals surface area contributed by atoms with Gasteiger partial charge in [0.05, 0.1) is 11.1 Å². The average Bonchev–Trinajstić information content (AvgIpc) is 3.46. The molecule has 0 aliphatic rings. The normalized spacial score (nSPS) is 12.7. The maximum Gasteiger partial charge on any atom is 0.417 e. The zero-order chi connectivity index (χ0) is 33.7. The van der Waals surface area contributed by atoms with E-state index in [2.05, 4.69) is 0 Å². The van der Waals surface area contributed by atoms with Gasteiger partial charge in [-0.1, -0.05) is 115 Å². The highest BCUT2D eigenvalue weighted by Crippen LogP contribution is 2.50. The largest absolute Gasteiger partial charge is 0.417 e. The predicted molar refractivity (Wildman–Crippen MR) is 190 cm³/mol. The Morgan fingerprint density at radius 1 is 0.367 bits per heavy atom. The topological polar surface area (TPSA) is 0 Å². The van der Waals surface area contributed by atoms with Gasteiger partial charge in [-0.2, -0.15) is 26.3 Å². The molecule has 0 nitrogen and oxygen atoms in total. The van der Waals surface area contributed by atoms with Crippen LogP contribution in [0.3, 0.4) is 0 Å². The molecule has 7 heteroatoms. The smallest absolute Gasteiger partial charge is 0.166 e. The molecule has 1 aromatic heterocycles. The minimum atomic E-state index is -4.57. The quantitative estimate of drug-likeness (QED) is 0.127. The molecule has 0 amide bonds. The lowest BCUT2D eigenvalue weighted by Gasteiger charge is -2.19. The van der Waals surface area contributed by atoms with Crippen LogP contribution in [0.1, 0.15) is 11.1 Å². The van der Waals surface area contributed by atoms with Crippen molar-refractivity contribution in [2.24, 2.45) is 0 Å². The first-order chi connectivity index (χ1) is 23.6. The van der Waals surface area contributed by atoms with Gasteiger partial charge in [-0.3, -0.25) is 0 Å². The molecule has 0 atom stereocenters. The van der Waals surface area contributed by atoms with Crippen molar-refractivity contribution < 1.29 is 26.3 Å². The van der Waals surface area contributed by atoms with Crippen LogP contribution in [-0.2, 0) is 12.4 Å². The van der Waals surface area contributed by atoms with Gasteiger partial charge in [-0.15, -0.1) is 11.3 Å². The van der Waals surface area contributed by atoms with Gasteiger partial charge < -0.3 is 0 Å². The zero-order valence-electron chi connectivity index (χ0n) is 25.4. The number of thiophene rings is 1. The molecule has 0 fully saturated rings. The minimum Gasteiger partial charge on any atom is -0.166 e. The summed E-state index contributed by atoms with van der Waals surface area (Å²) in [6.45, 7) is 0. The van der Waals surface area contributed by atoms with E-state index in [1.54, 1.807) is 84.1 Å². The maximum absolute atomic E-state index is 14.7. The van der Waals surface area contributed by atoms with Crippen LogP contribution >= 0.6 is 11.3 Å². The molecule has 0 aliphatic carbocycles. The molecule has 0 unspecified atom stereocenters. The lowest BCUT2D eigenvalue weighted by molar-refractivity contribution is -0.135. The van der Waals surface area contributed by atoms with Crippen LogP contribution in [0, 0.1) is 0 Å². The molecule has 49 heavy (non-hydrogen) atoms. The summed E-state index contributed by atoms with van der Waals surface area (Å²) < 4.78 is 89.6. The predicted octanol–water partition coefficient (Wildman–Crippen LogP) is 14.0. The number of hydrogen-bond acceptors (Lipinski definition) is 1. The van der Waals surface area contributed by atoms with Gasteiger partial charge in [-0.25, -0.2) is 0 Å². The first-order valence-electron chi connectivity index (χ1n) is 15.6. The second kappa shape index (κ2) is 10.5. The van der Waals surface area contributed by atoms with Crippen LogP contribution in [-0.4, -0.2) is 0 Å². The summed E-state index contributed by atoms with van der Waals surface area (Å²) in [6, 6.07) is 38.4. The number of benzene rings is 8. The molecule has 0 radical (unpaired) electrons. The Morgan fingerprint density at radius 3 is 1.24 bits per heavy atom. The summed E-state index contributed by atoms with van der Waals surface area (Å²) in [6.07, 6.45) is -9.13. The summed E-state index contributed by atoms with van der Waals surface area (Å²) in [4.78, 5) is 0. The highest BCUT2D eigenvalue weighted by molar-refractivity contribution is 7.26. The Labute approximate surface area is 279 Å². The Balaban J connectivity index is 1.40. The van der Waals surface area contributed by atoms with Crippen molar-refractivity contribution in [2.45, 2.75) is 12.4 Å². The van der Waals surface area contributed by atoms with E-state index in [0.717, 1.165) is 31.3 Å². The Kier molecular flexibility index (Phi) is 6.40. The number of hydrogen-bond donors (Lipinski definition) is 0. The van der Waals surface area contributed by atoms with Crippen LogP contribution in [0.25, 0.3) is 85.5 Å². The third-order valence-electron chi connectivity index (χ3n) is 9.48. The van der Waals surface area contributed by atoms with Crippen LogP contribution in [0.4, 0.5) is 26.3 Å². The van der Waals surface area contributed by atoms with Crippen molar-refractivity contribution in [3.8, 4) is 22.3 Å². The molecular formula is C42H22F6S. The summed E-state index contributed by atoms with van der Waals surface area (Å²) in [5.74, 6) is 0. The molecule has 0 spiro atoms. The molecule has 0 N–H and O–H groups in total. The van der Waals surface area contributed by atoms with Gasteiger partial charge in [0.25, 0.3) is 0 Å². The van der Waals surface area contributed by atoms with E-state index in [0.29, 0.717) is 32.7 Å². The van der Waals surface area contributed by atoms with E-state index in [4.69, 9.17) is 0 Å². The fourth-order valence-corrected chi connectivity index (χ4v) is 8.77. The van der Waals surface area contributed by atoms with Crippen molar-refractivity contribution in [3.63, 3.8) is 0 Å². The van der Waals surface area contributed by atoms with Crippen molar-refractivity contribution in [1.82, 2.24) is 0 Å². The summed E-state index contributed by atoms with van der Waals surface area (Å²) in [5, 5.41) is 4.26. The van der Waals surface area contributed by atoms with E-state index in [-0.39, 0.29) is 21.5 Å². The minimum absolute atomic E-state index is 0.127. The summed E-state index contributed by atoms with van der Waals surface area (Å²) in [5.41, 5.74) is 1.64. The first kappa shape index (κ1) is 29.7. The third-order valence-corrected chi connectivity index (χ3v) is 10.6. The van der Waals surface area contributed by atoms with Crippen LogP contribution in [0.15, 0.2) is 133 Å². The van der Waals surface area contributed by atoms with Crippen LogP contribution < -0.4 is 0 Å². The lowest BCUT2D eigenvalue weighted by atomic mass is 9.86. The number of alkyl halides is 6. The molecule has 0 saturated carbocycles. The van der Waals surface area contributed by atoms with Crippen molar-refractivity contribution in [1.29, 1.82) is 0 Å². The van der Waals surface area contributed by atoms with Gasteiger partial charge >= 0.3 is 12.4 Å². The molecule has 238 valence electrons. The van der Waals surface area contributed by atoms with Crippen molar-refractivity contribution in [3.05, 3.63) is 145 Å². The SMILES string of the molecule is FC(F)(F)c1c2ccccc2c(-c2ccc3sc4cccc(-c5c6ccccc6c(C(F)(F)F)c6ccccc56)c4c3c2)c2ccccc12. The zero-order valence-corrected chi connectivity index (χ0v) is 26.2. The van der Waals surface area contributed by atoms with Gasteiger partial charge in [0, 0.05) is 20.2 Å². The highest BCUT2D eigenvalue weighted by atomic mass is 32.1. The maximum atomic E-state index is 14.7.